The lowest BCUT2D eigenvalue weighted by Gasteiger charge is -2.59. The van der Waals surface area contributed by atoms with Crippen LogP contribution >= 0.6 is 0 Å². The largest absolute Gasteiger partial charge is 0.462 e. The van der Waals surface area contributed by atoms with E-state index in [2.05, 4.69) is 9.80 Å². The summed E-state index contributed by atoms with van der Waals surface area (Å²) in [6.07, 6.45) is 8.09. The Bertz CT molecular complexity index is 662. The zero-order valence-corrected chi connectivity index (χ0v) is 16.3. The van der Waals surface area contributed by atoms with Gasteiger partial charge >= 0.3 is 5.97 Å². The summed E-state index contributed by atoms with van der Waals surface area (Å²) in [4.78, 5) is 17.9. The van der Waals surface area contributed by atoms with E-state index in [1.807, 2.05) is 30.3 Å². The topological polar surface area (TPSA) is 32.8 Å². The summed E-state index contributed by atoms with van der Waals surface area (Å²) in [6.45, 7) is 5.63. The number of benzene rings is 1. The van der Waals surface area contributed by atoms with Crippen LogP contribution in [0.4, 0.5) is 0 Å². The second kappa shape index (κ2) is 7.56. The van der Waals surface area contributed by atoms with Gasteiger partial charge in [0, 0.05) is 31.1 Å². The van der Waals surface area contributed by atoms with Gasteiger partial charge < -0.3 is 4.74 Å². The highest BCUT2D eigenvalue weighted by Crippen LogP contribution is 2.45. The highest BCUT2D eigenvalue weighted by Gasteiger charge is 2.49. The monoisotopic (exact) mass is 368 g/mol. The first-order valence-electron chi connectivity index (χ1n) is 11.0. The molecule has 4 aliphatic rings. The molecule has 0 amide bonds. The Labute approximate surface area is 162 Å². The molecule has 4 fully saturated rings. The van der Waals surface area contributed by atoms with Crippen molar-refractivity contribution in [1.29, 1.82) is 0 Å². The molecule has 0 aromatic heterocycles. The highest BCUT2D eigenvalue weighted by molar-refractivity contribution is 5.89. The summed E-state index contributed by atoms with van der Waals surface area (Å²) in [5.41, 5.74) is 0.663. The Balaban J connectivity index is 1.21. The molecule has 27 heavy (non-hydrogen) atoms. The third kappa shape index (κ3) is 3.42. The van der Waals surface area contributed by atoms with Gasteiger partial charge in [-0.05, 0) is 75.6 Å². The zero-order chi connectivity index (χ0) is 18.2. The number of carbonyl (C=O) groups excluding carboxylic acids is 1. The lowest BCUT2D eigenvalue weighted by atomic mass is 9.67. The molecule has 0 unspecified atom stereocenters. The van der Waals surface area contributed by atoms with Gasteiger partial charge in [0.05, 0.1) is 12.2 Å². The minimum absolute atomic E-state index is 0.174. The maximum atomic E-state index is 12.3. The second-order valence-electron chi connectivity index (χ2n) is 9.16. The van der Waals surface area contributed by atoms with E-state index in [0.717, 1.165) is 30.5 Å². The molecule has 146 valence electrons. The molecule has 0 aliphatic carbocycles. The van der Waals surface area contributed by atoms with Crippen molar-refractivity contribution in [3.05, 3.63) is 35.9 Å². The molecule has 0 radical (unpaired) electrons. The molecule has 4 aliphatic heterocycles. The fourth-order valence-corrected chi connectivity index (χ4v) is 6.51. The molecular weight excluding hydrogens is 336 g/mol. The predicted octanol–water partition coefficient (Wildman–Crippen LogP) is 3.43. The van der Waals surface area contributed by atoms with Gasteiger partial charge in [-0.1, -0.05) is 18.2 Å². The molecule has 4 saturated heterocycles. The van der Waals surface area contributed by atoms with E-state index in [4.69, 9.17) is 4.74 Å². The van der Waals surface area contributed by atoms with E-state index in [9.17, 15) is 4.79 Å². The van der Waals surface area contributed by atoms with Gasteiger partial charge in [-0.25, -0.2) is 4.79 Å². The number of hydrogen-bond acceptors (Lipinski definition) is 4. The highest BCUT2D eigenvalue weighted by atomic mass is 16.5. The maximum absolute atomic E-state index is 12.3. The summed E-state index contributed by atoms with van der Waals surface area (Å²) in [5, 5.41) is 0. The number of ether oxygens (including phenoxy) is 1. The lowest BCUT2D eigenvalue weighted by molar-refractivity contribution is -0.0970. The first-order chi connectivity index (χ1) is 13.3. The van der Waals surface area contributed by atoms with Crippen molar-refractivity contribution in [1.82, 2.24) is 9.80 Å². The van der Waals surface area contributed by atoms with E-state index in [0.29, 0.717) is 18.1 Å². The average molecular weight is 369 g/mol. The van der Waals surface area contributed by atoms with Gasteiger partial charge in [-0.3, -0.25) is 9.80 Å². The third-order valence-electron chi connectivity index (χ3n) is 7.60. The Hall–Kier alpha value is -1.39. The van der Waals surface area contributed by atoms with E-state index >= 15 is 0 Å². The normalized spacial score (nSPS) is 36.5. The van der Waals surface area contributed by atoms with Gasteiger partial charge in [0.2, 0.25) is 0 Å². The smallest absolute Gasteiger partial charge is 0.338 e. The van der Waals surface area contributed by atoms with Crippen LogP contribution in [0.25, 0.3) is 0 Å². The quantitative estimate of drug-likeness (QED) is 0.766. The van der Waals surface area contributed by atoms with Crippen LogP contribution in [0.3, 0.4) is 0 Å². The molecule has 0 N–H and O–H groups in total. The molecule has 4 heteroatoms. The summed E-state index contributed by atoms with van der Waals surface area (Å²) in [5.74, 6) is 2.07. The lowest BCUT2D eigenvalue weighted by Crippen LogP contribution is -2.66. The van der Waals surface area contributed by atoms with Crippen molar-refractivity contribution in [2.45, 2.75) is 50.6 Å². The molecule has 5 rings (SSSR count). The number of carbonyl (C=O) groups is 1. The van der Waals surface area contributed by atoms with Gasteiger partial charge in [0.1, 0.15) is 0 Å². The number of esters is 1. The van der Waals surface area contributed by atoms with Crippen LogP contribution in [-0.2, 0) is 4.74 Å². The van der Waals surface area contributed by atoms with Crippen LogP contribution in [0.1, 0.15) is 48.9 Å². The van der Waals surface area contributed by atoms with Crippen molar-refractivity contribution in [3.8, 4) is 0 Å². The van der Waals surface area contributed by atoms with Crippen LogP contribution in [-0.4, -0.2) is 60.6 Å². The molecule has 0 spiro atoms. The second-order valence-corrected chi connectivity index (χ2v) is 9.16. The number of nitrogens with zero attached hydrogens (tertiary/aromatic N) is 2. The van der Waals surface area contributed by atoms with E-state index in [-0.39, 0.29) is 5.97 Å². The number of hydrogen-bond donors (Lipinski definition) is 0. The Morgan fingerprint density at radius 2 is 1.78 bits per heavy atom. The van der Waals surface area contributed by atoms with E-state index in [1.54, 1.807) is 0 Å². The van der Waals surface area contributed by atoms with Crippen molar-refractivity contribution in [2.75, 3.05) is 32.8 Å². The van der Waals surface area contributed by atoms with Crippen LogP contribution in [0.5, 0.6) is 0 Å². The Morgan fingerprint density at radius 3 is 2.63 bits per heavy atom. The van der Waals surface area contributed by atoms with Crippen LogP contribution in [0.15, 0.2) is 30.3 Å². The van der Waals surface area contributed by atoms with Crippen molar-refractivity contribution in [3.63, 3.8) is 0 Å². The number of piperidine rings is 4. The minimum Gasteiger partial charge on any atom is -0.462 e. The van der Waals surface area contributed by atoms with E-state index < -0.39 is 0 Å². The Morgan fingerprint density at radius 1 is 0.963 bits per heavy atom. The van der Waals surface area contributed by atoms with Crippen molar-refractivity contribution >= 4 is 5.97 Å². The van der Waals surface area contributed by atoms with Crippen molar-refractivity contribution in [2.24, 2.45) is 17.8 Å². The predicted molar refractivity (Wildman–Crippen MR) is 106 cm³/mol. The third-order valence-corrected chi connectivity index (χ3v) is 7.60. The van der Waals surface area contributed by atoms with Crippen LogP contribution in [0, 0.1) is 17.8 Å². The van der Waals surface area contributed by atoms with Crippen LogP contribution in [0.2, 0.25) is 0 Å². The molecule has 1 aromatic rings. The first kappa shape index (κ1) is 17.7. The van der Waals surface area contributed by atoms with Gasteiger partial charge in [-0.2, -0.15) is 0 Å². The SMILES string of the molecule is O=C(OC[C@H]1CC[C@@H]2[C@H]3CCCN4CCC[C@@H](CN2C1)[C@@H]34)c1ccccc1. The fraction of sp³-hybridized carbons (Fsp3) is 0.696. The van der Waals surface area contributed by atoms with Gasteiger partial charge in [0.25, 0.3) is 0 Å². The molecule has 0 saturated carbocycles. The fourth-order valence-electron chi connectivity index (χ4n) is 6.51. The summed E-state index contributed by atoms with van der Waals surface area (Å²) < 4.78 is 5.66. The molecule has 5 atom stereocenters. The molecule has 0 bridgehead atoms. The molecular formula is C23H32N2O2. The molecule has 4 heterocycles. The van der Waals surface area contributed by atoms with Gasteiger partial charge in [-0.15, -0.1) is 0 Å². The van der Waals surface area contributed by atoms with E-state index in [1.165, 1.54) is 58.2 Å². The number of rotatable bonds is 3. The standard InChI is InChI=1S/C23H32N2O2/c26-23(18-6-2-1-3-7-18)27-16-17-10-11-21-20-9-5-13-24-12-4-8-19(22(20)24)15-25(21)14-17/h1-3,6-7,17,19-22H,4-5,8-16H2/t17-,19-,20+,21+,22-/m0/s1. The maximum Gasteiger partial charge on any atom is 0.338 e. The van der Waals surface area contributed by atoms with Crippen LogP contribution < -0.4 is 0 Å². The summed E-state index contributed by atoms with van der Waals surface area (Å²) in [7, 11) is 0. The zero-order valence-electron chi connectivity index (χ0n) is 16.3. The first-order valence-corrected chi connectivity index (χ1v) is 11.0. The average Bonchev–Trinajstić information content (AvgIpc) is 2.73. The Kier molecular flexibility index (Phi) is 4.95. The molecule has 4 nitrogen and oxygen atoms in total. The van der Waals surface area contributed by atoms with Gasteiger partial charge in [0.15, 0.2) is 0 Å². The minimum atomic E-state index is -0.174. The molecule has 1 aromatic carbocycles. The summed E-state index contributed by atoms with van der Waals surface area (Å²) >= 11 is 0. The summed E-state index contributed by atoms with van der Waals surface area (Å²) in [6, 6.07) is 11.0. The number of fused-ring (bicyclic) bond motifs is 2. The van der Waals surface area contributed by atoms with Crippen molar-refractivity contribution < 1.29 is 9.53 Å².